The molecule has 2 N–H and O–H groups in total. The first-order valence-electron chi connectivity index (χ1n) is 10.6. The maximum Gasteiger partial charge on any atom is 0.416 e. The third-order valence-corrected chi connectivity index (χ3v) is 5.76. The molecule has 1 aromatic carbocycles. The molecule has 1 fully saturated rings. The molecule has 1 amide bonds. The molecule has 1 aliphatic heterocycles. The highest BCUT2D eigenvalue weighted by molar-refractivity contribution is 5.79. The van der Waals surface area contributed by atoms with Gasteiger partial charge in [-0.05, 0) is 55.2 Å². The number of benzene rings is 1. The van der Waals surface area contributed by atoms with E-state index in [1.54, 1.807) is 12.4 Å². The molecule has 0 unspecified atom stereocenters. The van der Waals surface area contributed by atoms with Gasteiger partial charge in [0.25, 0.3) is 0 Å². The number of hydrogen-bond donors (Lipinski definition) is 2. The van der Waals surface area contributed by atoms with E-state index in [9.17, 15) is 18.0 Å². The molecule has 2 aromatic rings. The molecule has 5 nitrogen and oxygen atoms in total. The molecule has 1 saturated heterocycles. The maximum absolute atomic E-state index is 12.7. The Morgan fingerprint density at radius 1 is 1.10 bits per heavy atom. The number of amides is 1. The quantitative estimate of drug-likeness (QED) is 0.670. The number of pyridine rings is 1. The SMILES string of the molecule is CC(C)[C@H](CNC(=O)C1CCN(c2ccncc2)CC1)Nc1ccc(C(F)(F)F)cc1. The minimum atomic E-state index is -4.35. The molecular weight excluding hydrogens is 405 g/mol. The summed E-state index contributed by atoms with van der Waals surface area (Å²) in [5.74, 6) is 0.197. The number of carbonyl (C=O) groups excluding carboxylic acids is 1. The second-order valence-corrected chi connectivity index (χ2v) is 8.28. The summed E-state index contributed by atoms with van der Waals surface area (Å²) < 4.78 is 38.2. The fourth-order valence-corrected chi connectivity index (χ4v) is 3.73. The van der Waals surface area contributed by atoms with Crippen molar-refractivity contribution in [3.63, 3.8) is 0 Å². The Hall–Kier alpha value is -2.77. The van der Waals surface area contributed by atoms with Crippen LogP contribution in [-0.4, -0.2) is 36.6 Å². The van der Waals surface area contributed by atoms with Crippen LogP contribution in [0.25, 0.3) is 0 Å². The Morgan fingerprint density at radius 2 is 1.71 bits per heavy atom. The lowest BCUT2D eigenvalue weighted by Crippen LogP contribution is -2.45. The number of anilines is 2. The average molecular weight is 435 g/mol. The van der Waals surface area contributed by atoms with Crippen LogP contribution in [0.15, 0.2) is 48.8 Å². The highest BCUT2D eigenvalue weighted by Gasteiger charge is 2.30. The van der Waals surface area contributed by atoms with Gasteiger partial charge in [-0.25, -0.2) is 0 Å². The minimum Gasteiger partial charge on any atom is -0.380 e. The van der Waals surface area contributed by atoms with E-state index >= 15 is 0 Å². The van der Waals surface area contributed by atoms with Gasteiger partial charge < -0.3 is 15.5 Å². The average Bonchev–Trinajstić information content (AvgIpc) is 2.76. The number of piperidine rings is 1. The molecule has 0 bridgehead atoms. The summed E-state index contributed by atoms with van der Waals surface area (Å²) in [6, 6.07) is 8.84. The molecule has 8 heteroatoms. The molecule has 31 heavy (non-hydrogen) atoms. The third-order valence-electron chi connectivity index (χ3n) is 5.76. The maximum atomic E-state index is 12.7. The van der Waals surface area contributed by atoms with Crippen molar-refractivity contribution in [1.29, 1.82) is 0 Å². The fraction of sp³-hybridized carbons (Fsp3) is 0.478. The summed E-state index contributed by atoms with van der Waals surface area (Å²) in [5.41, 5.74) is 1.05. The second kappa shape index (κ2) is 10.0. The second-order valence-electron chi connectivity index (χ2n) is 8.28. The van der Waals surface area contributed by atoms with E-state index in [1.807, 2.05) is 26.0 Å². The zero-order valence-corrected chi connectivity index (χ0v) is 17.8. The Labute approximate surface area is 181 Å². The predicted molar refractivity (Wildman–Crippen MR) is 116 cm³/mol. The number of halogens is 3. The van der Waals surface area contributed by atoms with Gasteiger partial charge in [0, 0.05) is 55.4 Å². The Balaban J connectivity index is 1.49. The van der Waals surface area contributed by atoms with Crippen LogP contribution in [0.2, 0.25) is 0 Å². The van der Waals surface area contributed by atoms with E-state index in [4.69, 9.17) is 0 Å². The van der Waals surface area contributed by atoms with Gasteiger partial charge >= 0.3 is 6.18 Å². The predicted octanol–water partition coefficient (Wildman–Crippen LogP) is 4.57. The van der Waals surface area contributed by atoms with Crippen molar-refractivity contribution < 1.29 is 18.0 Å². The summed E-state index contributed by atoms with van der Waals surface area (Å²) in [6.45, 7) is 6.09. The van der Waals surface area contributed by atoms with Crippen molar-refractivity contribution in [2.75, 3.05) is 29.9 Å². The van der Waals surface area contributed by atoms with Crippen molar-refractivity contribution in [3.05, 3.63) is 54.4 Å². The first kappa shape index (κ1) is 22.9. The smallest absolute Gasteiger partial charge is 0.380 e. The van der Waals surface area contributed by atoms with E-state index in [0.717, 1.165) is 43.8 Å². The first-order valence-corrected chi connectivity index (χ1v) is 10.6. The number of alkyl halides is 3. The van der Waals surface area contributed by atoms with Gasteiger partial charge in [-0.1, -0.05) is 13.8 Å². The van der Waals surface area contributed by atoms with Gasteiger partial charge in [-0.15, -0.1) is 0 Å². The minimum absolute atomic E-state index is 0.0306. The van der Waals surface area contributed by atoms with Gasteiger partial charge in [0.1, 0.15) is 0 Å². The lowest BCUT2D eigenvalue weighted by Gasteiger charge is -2.33. The van der Waals surface area contributed by atoms with E-state index in [0.29, 0.717) is 12.2 Å². The molecule has 0 aliphatic carbocycles. The van der Waals surface area contributed by atoms with E-state index in [1.165, 1.54) is 12.1 Å². The molecule has 3 rings (SSSR count). The molecule has 168 valence electrons. The standard InChI is InChI=1S/C23H29F3N4O/c1-16(2)21(29-19-5-3-18(4-6-19)23(24,25)26)15-28-22(31)17-9-13-30(14-10-17)20-7-11-27-12-8-20/h3-8,11-12,16-17,21,29H,9-10,13-15H2,1-2H3,(H,28,31)/t21-/m0/s1. The Bertz CT molecular complexity index is 832. The summed E-state index contributed by atoms with van der Waals surface area (Å²) in [7, 11) is 0. The molecule has 2 heterocycles. The molecule has 1 aliphatic rings. The van der Waals surface area contributed by atoms with Crippen LogP contribution < -0.4 is 15.5 Å². The lowest BCUT2D eigenvalue weighted by atomic mass is 9.95. The molecule has 1 atom stereocenters. The van der Waals surface area contributed by atoms with Gasteiger partial charge in [-0.3, -0.25) is 9.78 Å². The Morgan fingerprint density at radius 3 is 2.26 bits per heavy atom. The summed E-state index contributed by atoms with van der Waals surface area (Å²) in [5, 5.41) is 6.28. The molecule has 1 aromatic heterocycles. The first-order chi connectivity index (χ1) is 14.7. The van der Waals surface area contributed by atoms with Gasteiger partial charge in [0.2, 0.25) is 5.91 Å². The molecule has 0 saturated carbocycles. The number of aromatic nitrogens is 1. The number of carbonyl (C=O) groups is 1. The van der Waals surface area contributed by atoms with Crippen LogP contribution in [0.5, 0.6) is 0 Å². The number of rotatable bonds is 7. The number of nitrogens with one attached hydrogen (secondary N) is 2. The van der Waals surface area contributed by atoms with Crippen molar-refractivity contribution in [2.24, 2.45) is 11.8 Å². The largest absolute Gasteiger partial charge is 0.416 e. The van der Waals surface area contributed by atoms with Gasteiger partial charge in [-0.2, -0.15) is 13.2 Å². The van der Waals surface area contributed by atoms with Crippen LogP contribution in [-0.2, 0) is 11.0 Å². The molecule has 0 radical (unpaired) electrons. The van der Waals surface area contributed by atoms with E-state index < -0.39 is 11.7 Å². The van der Waals surface area contributed by atoms with Crippen molar-refractivity contribution in [1.82, 2.24) is 10.3 Å². The van der Waals surface area contributed by atoms with Crippen LogP contribution in [0, 0.1) is 11.8 Å². The lowest BCUT2D eigenvalue weighted by molar-refractivity contribution is -0.137. The van der Waals surface area contributed by atoms with E-state index in [2.05, 4.69) is 20.5 Å². The van der Waals surface area contributed by atoms with Crippen LogP contribution >= 0.6 is 0 Å². The summed E-state index contributed by atoms with van der Waals surface area (Å²) in [6.07, 6.45) is 0.754. The topological polar surface area (TPSA) is 57.3 Å². The van der Waals surface area contributed by atoms with Crippen molar-refractivity contribution in [2.45, 2.75) is 38.9 Å². The van der Waals surface area contributed by atoms with Gasteiger partial charge in [0.05, 0.1) is 5.56 Å². The fourth-order valence-electron chi connectivity index (χ4n) is 3.73. The summed E-state index contributed by atoms with van der Waals surface area (Å²) in [4.78, 5) is 19.0. The highest BCUT2D eigenvalue weighted by atomic mass is 19.4. The Kier molecular flexibility index (Phi) is 7.41. The molecular formula is C23H29F3N4O. The van der Waals surface area contributed by atoms with Crippen LogP contribution in [0.1, 0.15) is 32.3 Å². The molecule has 0 spiro atoms. The van der Waals surface area contributed by atoms with Crippen molar-refractivity contribution >= 4 is 17.3 Å². The summed E-state index contributed by atoms with van der Waals surface area (Å²) >= 11 is 0. The highest BCUT2D eigenvalue weighted by Crippen LogP contribution is 2.30. The number of nitrogens with zero attached hydrogens (tertiary/aromatic N) is 2. The van der Waals surface area contributed by atoms with E-state index in [-0.39, 0.29) is 23.8 Å². The third kappa shape index (κ3) is 6.35. The zero-order chi connectivity index (χ0) is 22.4. The van der Waals surface area contributed by atoms with Crippen LogP contribution in [0.4, 0.5) is 24.5 Å². The zero-order valence-electron chi connectivity index (χ0n) is 17.8. The number of hydrogen-bond acceptors (Lipinski definition) is 4. The monoisotopic (exact) mass is 434 g/mol. The van der Waals surface area contributed by atoms with Crippen LogP contribution in [0.3, 0.4) is 0 Å². The van der Waals surface area contributed by atoms with Crippen molar-refractivity contribution in [3.8, 4) is 0 Å². The van der Waals surface area contributed by atoms with Gasteiger partial charge in [0.15, 0.2) is 0 Å². The normalized spacial score (nSPS) is 16.3.